The van der Waals surface area contributed by atoms with Gasteiger partial charge in [-0.25, -0.2) is 4.98 Å². The van der Waals surface area contributed by atoms with Gasteiger partial charge in [0.05, 0.1) is 18.0 Å². The SMILES string of the molecule is O=C(NNc1cnccn1)c1ccc(-c2cc(C(F)(F)F)c3occc3c2)cc1. The number of nitrogens with one attached hydrogen (secondary N) is 2. The van der Waals surface area contributed by atoms with Crippen LogP contribution in [-0.4, -0.2) is 15.9 Å². The zero-order chi connectivity index (χ0) is 20.4. The number of anilines is 1. The van der Waals surface area contributed by atoms with Gasteiger partial charge in [-0.1, -0.05) is 12.1 Å². The lowest BCUT2D eigenvalue weighted by Crippen LogP contribution is -2.29. The second-order valence-electron chi connectivity index (χ2n) is 6.11. The summed E-state index contributed by atoms with van der Waals surface area (Å²) < 4.78 is 45.1. The molecule has 4 aromatic rings. The normalized spacial score (nSPS) is 11.4. The maximum atomic E-state index is 13.4. The molecule has 4 rings (SSSR count). The van der Waals surface area contributed by atoms with Gasteiger partial charge in [0.1, 0.15) is 5.58 Å². The van der Waals surface area contributed by atoms with E-state index in [1.807, 2.05) is 0 Å². The third kappa shape index (κ3) is 3.88. The van der Waals surface area contributed by atoms with Crippen molar-refractivity contribution in [3.8, 4) is 11.1 Å². The number of rotatable bonds is 4. The van der Waals surface area contributed by atoms with Crippen molar-refractivity contribution in [2.45, 2.75) is 6.18 Å². The largest absolute Gasteiger partial charge is 0.464 e. The number of carbonyl (C=O) groups is 1. The van der Waals surface area contributed by atoms with Crippen LogP contribution in [0.4, 0.5) is 19.0 Å². The van der Waals surface area contributed by atoms with Crippen molar-refractivity contribution in [2.24, 2.45) is 0 Å². The summed E-state index contributed by atoms with van der Waals surface area (Å²) in [4.78, 5) is 20.0. The predicted octanol–water partition coefficient (Wildman–Crippen LogP) is 4.67. The van der Waals surface area contributed by atoms with Crippen LogP contribution in [0.2, 0.25) is 0 Å². The molecule has 0 spiro atoms. The maximum absolute atomic E-state index is 13.4. The Morgan fingerprint density at radius 2 is 1.79 bits per heavy atom. The summed E-state index contributed by atoms with van der Waals surface area (Å²) in [7, 11) is 0. The number of nitrogens with zero attached hydrogens (tertiary/aromatic N) is 2. The van der Waals surface area contributed by atoms with Crippen LogP contribution in [0.5, 0.6) is 0 Å². The van der Waals surface area contributed by atoms with E-state index < -0.39 is 17.6 Å². The maximum Gasteiger partial charge on any atom is 0.420 e. The van der Waals surface area contributed by atoms with Gasteiger partial charge in [-0.2, -0.15) is 13.2 Å². The van der Waals surface area contributed by atoms with Crippen molar-refractivity contribution in [3.63, 3.8) is 0 Å². The predicted molar refractivity (Wildman–Crippen MR) is 99.8 cm³/mol. The number of benzene rings is 2. The molecule has 0 aliphatic heterocycles. The van der Waals surface area contributed by atoms with Gasteiger partial charge in [-0.3, -0.25) is 20.6 Å². The molecular formula is C20H13F3N4O2. The first kappa shape index (κ1) is 18.5. The summed E-state index contributed by atoms with van der Waals surface area (Å²) in [6.45, 7) is 0. The molecule has 0 aliphatic carbocycles. The van der Waals surface area contributed by atoms with Crippen LogP contribution in [0.1, 0.15) is 15.9 Å². The van der Waals surface area contributed by atoms with Gasteiger partial charge in [0, 0.05) is 23.3 Å². The minimum absolute atomic E-state index is 0.202. The summed E-state index contributed by atoms with van der Waals surface area (Å²) in [6, 6.07) is 10.3. The van der Waals surface area contributed by atoms with Gasteiger partial charge in [-0.05, 0) is 41.5 Å². The first-order valence-electron chi connectivity index (χ1n) is 8.43. The number of amides is 1. The van der Waals surface area contributed by atoms with Crippen LogP contribution in [0.3, 0.4) is 0 Å². The third-order valence-corrected chi connectivity index (χ3v) is 4.20. The average molecular weight is 398 g/mol. The van der Waals surface area contributed by atoms with Gasteiger partial charge in [0.25, 0.3) is 5.91 Å². The van der Waals surface area contributed by atoms with E-state index in [0.717, 1.165) is 6.07 Å². The van der Waals surface area contributed by atoms with Crippen LogP contribution in [0, 0.1) is 0 Å². The Labute approximate surface area is 162 Å². The molecule has 0 atom stereocenters. The molecule has 2 heterocycles. The summed E-state index contributed by atoms with van der Waals surface area (Å²) >= 11 is 0. The molecule has 0 saturated heterocycles. The van der Waals surface area contributed by atoms with E-state index in [9.17, 15) is 18.0 Å². The first-order chi connectivity index (χ1) is 13.9. The molecule has 0 fully saturated rings. The van der Waals surface area contributed by atoms with Crippen molar-refractivity contribution in [2.75, 3.05) is 5.43 Å². The fourth-order valence-corrected chi connectivity index (χ4v) is 2.83. The van der Waals surface area contributed by atoms with Crippen LogP contribution >= 0.6 is 0 Å². The van der Waals surface area contributed by atoms with Crippen LogP contribution in [0.25, 0.3) is 22.1 Å². The van der Waals surface area contributed by atoms with Gasteiger partial charge in [-0.15, -0.1) is 0 Å². The van der Waals surface area contributed by atoms with E-state index in [4.69, 9.17) is 4.42 Å². The summed E-state index contributed by atoms with van der Waals surface area (Å²) in [6.07, 6.45) is 1.08. The third-order valence-electron chi connectivity index (χ3n) is 4.20. The Hall–Kier alpha value is -3.88. The second-order valence-corrected chi connectivity index (χ2v) is 6.11. The number of hydrogen-bond acceptors (Lipinski definition) is 5. The Bertz CT molecular complexity index is 1160. The van der Waals surface area contributed by atoms with E-state index in [-0.39, 0.29) is 5.58 Å². The molecule has 0 unspecified atom stereocenters. The molecule has 0 aliphatic rings. The standard InChI is InChI=1S/C20H13F3N4O2/c21-20(22,23)16-10-15(9-14-5-8-29-18(14)16)12-1-3-13(4-2-12)19(28)27-26-17-11-24-6-7-25-17/h1-11H,(H,25,26)(H,27,28). The lowest BCUT2D eigenvalue weighted by atomic mass is 9.99. The molecule has 146 valence electrons. The lowest BCUT2D eigenvalue weighted by molar-refractivity contribution is -0.136. The van der Waals surface area contributed by atoms with Crippen LogP contribution in [-0.2, 0) is 6.18 Å². The Balaban J connectivity index is 1.57. The first-order valence-corrected chi connectivity index (χ1v) is 8.43. The molecule has 2 N–H and O–H groups in total. The highest BCUT2D eigenvalue weighted by Gasteiger charge is 2.34. The number of alkyl halides is 3. The van der Waals surface area contributed by atoms with Crippen molar-refractivity contribution in [1.82, 2.24) is 15.4 Å². The molecule has 6 nitrogen and oxygen atoms in total. The van der Waals surface area contributed by atoms with Crippen molar-refractivity contribution in [3.05, 3.63) is 78.4 Å². The number of furan rings is 1. The van der Waals surface area contributed by atoms with Crippen LogP contribution in [0.15, 0.2) is 71.7 Å². The smallest absolute Gasteiger partial charge is 0.420 e. The Kier molecular flexibility index (Phi) is 4.63. The molecule has 2 aromatic heterocycles. The van der Waals surface area contributed by atoms with Crippen molar-refractivity contribution >= 4 is 22.7 Å². The Morgan fingerprint density at radius 1 is 1.00 bits per heavy atom. The molecule has 1 amide bonds. The highest BCUT2D eigenvalue weighted by Crippen LogP contribution is 2.38. The molecule has 2 aromatic carbocycles. The van der Waals surface area contributed by atoms with Crippen molar-refractivity contribution < 1.29 is 22.4 Å². The highest BCUT2D eigenvalue weighted by atomic mass is 19.4. The van der Waals surface area contributed by atoms with Gasteiger partial charge in [0.2, 0.25) is 0 Å². The molecular weight excluding hydrogens is 385 g/mol. The van der Waals surface area contributed by atoms with E-state index in [0.29, 0.717) is 27.9 Å². The van der Waals surface area contributed by atoms with Gasteiger partial charge < -0.3 is 4.42 Å². The van der Waals surface area contributed by atoms with Crippen LogP contribution < -0.4 is 10.9 Å². The number of halogens is 3. The second kappa shape index (κ2) is 7.27. The quantitative estimate of drug-likeness (QED) is 0.489. The average Bonchev–Trinajstić information content (AvgIpc) is 3.20. The van der Waals surface area contributed by atoms with E-state index in [1.54, 1.807) is 18.2 Å². The lowest BCUT2D eigenvalue weighted by Gasteiger charge is -2.11. The molecule has 9 heteroatoms. The minimum Gasteiger partial charge on any atom is -0.464 e. The molecule has 0 bridgehead atoms. The molecule has 0 saturated carbocycles. The zero-order valence-corrected chi connectivity index (χ0v) is 14.7. The van der Waals surface area contributed by atoms with E-state index in [2.05, 4.69) is 20.8 Å². The van der Waals surface area contributed by atoms with Gasteiger partial charge >= 0.3 is 6.18 Å². The highest BCUT2D eigenvalue weighted by molar-refractivity contribution is 5.95. The fraction of sp³-hybridized carbons (Fsp3) is 0.0500. The summed E-state index contributed by atoms with van der Waals surface area (Å²) in [5.41, 5.74) is 5.28. The number of aromatic nitrogens is 2. The monoisotopic (exact) mass is 398 g/mol. The number of hydrazine groups is 1. The number of hydrogen-bond donors (Lipinski definition) is 2. The van der Waals surface area contributed by atoms with Gasteiger partial charge in [0.15, 0.2) is 5.82 Å². The number of fused-ring (bicyclic) bond motifs is 1. The van der Waals surface area contributed by atoms with Crippen molar-refractivity contribution in [1.29, 1.82) is 0 Å². The van der Waals surface area contributed by atoms with E-state index >= 15 is 0 Å². The topological polar surface area (TPSA) is 80.0 Å². The summed E-state index contributed by atoms with van der Waals surface area (Å²) in [5.74, 6) is -0.0611. The van der Waals surface area contributed by atoms with E-state index in [1.165, 1.54) is 43.1 Å². The fourth-order valence-electron chi connectivity index (χ4n) is 2.83. The number of carbonyl (C=O) groups excluding carboxylic acids is 1. The summed E-state index contributed by atoms with van der Waals surface area (Å²) in [5, 5.41) is 0.352. The Morgan fingerprint density at radius 3 is 2.48 bits per heavy atom. The zero-order valence-electron chi connectivity index (χ0n) is 14.7. The minimum atomic E-state index is -4.54. The molecule has 0 radical (unpaired) electrons. The molecule has 29 heavy (non-hydrogen) atoms.